The molecule has 0 unspecified atom stereocenters. The number of hydrogen-bond acceptors (Lipinski definition) is 4. The maximum Gasteiger partial charge on any atom is 0.151 e. The van der Waals surface area contributed by atoms with Crippen molar-refractivity contribution in [3.05, 3.63) is 64.2 Å². The zero-order chi connectivity index (χ0) is 16.2. The van der Waals surface area contributed by atoms with Gasteiger partial charge >= 0.3 is 0 Å². The summed E-state index contributed by atoms with van der Waals surface area (Å²) in [6.45, 7) is 0.537. The minimum absolute atomic E-state index is 0.0920. The smallest absolute Gasteiger partial charge is 0.151 e. The fourth-order valence-electron chi connectivity index (χ4n) is 2.03. The third kappa shape index (κ3) is 4.76. The summed E-state index contributed by atoms with van der Waals surface area (Å²) in [5.41, 5.74) is 2.93. The van der Waals surface area contributed by atoms with Crippen LogP contribution in [0.25, 0.3) is 0 Å². The molecule has 22 heavy (non-hydrogen) atoms. The van der Waals surface area contributed by atoms with Gasteiger partial charge in [0.05, 0.1) is 17.4 Å². The number of hydrogen-bond donors (Lipinski definition) is 1. The van der Waals surface area contributed by atoms with E-state index in [0.29, 0.717) is 22.7 Å². The fraction of sp³-hybridized carbons (Fsp3) is 0.188. The summed E-state index contributed by atoms with van der Waals surface area (Å²) >= 11 is 6.03. The van der Waals surface area contributed by atoms with Crippen LogP contribution >= 0.6 is 11.6 Å². The molecule has 0 bridgehead atoms. The largest absolute Gasteiger partial charge is 0.381 e. The fourth-order valence-corrected chi connectivity index (χ4v) is 3.10. The van der Waals surface area contributed by atoms with E-state index in [4.69, 9.17) is 16.9 Å². The summed E-state index contributed by atoms with van der Waals surface area (Å²) in [4.78, 5) is 0. The lowest BCUT2D eigenvalue weighted by Crippen LogP contribution is -2.04. The van der Waals surface area contributed by atoms with Crippen LogP contribution in [-0.2, 0) is 22.1 Å². The molecule has 0 radical (unpaired) electrons. The van der Waals surface area contributed by atoms with E-state index in [-0.39, 0.29) is 5.75 Å². The molecule has 0 aliphatic heterocycles. The van der Waals surface area contributed by atoms with Gasteiger partial charge in [-0.2, -0.15) is 5.26 Å². The quantitative estimate of drug-likeness (QED) is 0.910. The van der Waals surface area contributed by atoms with E-state index >= 15 is 0 Å². The highest BCUT2D eigenvalue weighted by Crippen LogP contribution is 2.23. The van der Waals surface area contributed by atoms with Crippen LogP contribution in [-0.4, -0.2) is 14.7 Å². The van der Waals surface area contributed by atoms with Gasteiger partial charge in [0.1, 0.15) is 0 Å². The third-order valence-corrected chi connectivity index (χ3v) is 4.22. The molecule has 0 aromatic heterocycles. The summed E-state index contributed by atoms with van der Waals surface area (Å²) in [5, 5.41) is 12.5. The Morgan fingerprint density at radius 1 is 1.23 bits per heavy atom. The van der Waals surface area contributed by atoms with Gasteiger partial charge in [0.2, 0.25) is 0 Å². The average Bonchev–Trinajstić information content (AvgIpc) is 2.47. The normalized spacial score (nSPS) is 11.0. The van der Waals surface area contributed by atoms with E-state index in [9.17, 15) is 8.42 Å². The molecule has 0 heterocycles. The molecule has 0 fully saturated rings. The molecule has 0 saturated carbocycles. The SMILES string of the molecule is CS(=O)(=O)Cc1cc(NCc2cccc(C#N)c2)ccc1Cl. The highest BCUT2D eigenvalue weighted by atomic mass is 35.5. The molecule has 0 spiro atoms. The summed E-state index contributed by atoms with van der Waals surface area (Å²) in [6.07, 6.45) is 1.18. The predicted octanol–water partition coefficient (Wildman–Crippen LogP) is 3.37. The third-order valence-electron chi connectivity index (χ3n) is 3.02. The highest BCUT2D eigenvalue weighted by Gasteiger charge is 2.09. The van der Waals surface area contributed by atoms with Gasteiger partial charge in [0.25, 0.3) is 0 Å². The Hall–Kier alpha value is -2.03. The summed E-state index contributed by atoms with van der Waals surface area (Å²) < 4.78 is 22.8. The number of nitrogens with one attached hydrogen (secondary N) is 1. The number of nitriles is 1. The van der Waals surface area contributed by atoms with Crippen molar-refractivity contribution in [2.45, 2.75) is 12.3 Å². The van der Waals surface area contributed by atoms with Crippen LogP contribution in [0, 0.1) is 11.3 Å². The maximum absolute atomic E-state index is 11.4. The molecular weight excluding hydrogens is 320 g/mol. The van der Waals surface area contributed by atoms with Gasteiger partial charge in [0.15, 0.2) is 9.84 Å². The number of sulfone groups is 1. The van der Waals surface area contributed by atoms with Gasteiger partial charge in [-0.1, -0.05) is 23.7 Å². The highest BCUT2D eigenvalue weighted by molar-refractivity contribution is 7.89. The topological polar surface area (TPSA) is 70.0 Å². The number of rotatable bonds is 5. The first-order valence-electron chi connectivity index (χ1n) is 6.56. The lowest BCUT2D eigenvalue weighted by molar-refractivity contribution is 0.601. The van der Waals surface area contributed by atoms with Crippen LogP contribution in [0.15, 0.2) is 42.5 Å². The first kappa shape index (κ1) is 16.3. The van der Waals surface area contributed by atoms with Crippen LogP contribution in [0.3, 0.4) is 0 Å². The van der Waals surface area contributed by atoms with Crippen LogP contribution in [0.5, 0.6) is 0 Å². The number of anilines is 1. The molecule has 0 saturated heterocycles. The Morgan fingerprint density at radius 2 is 2.00 bits per heavy atom. The first-order chi connectivity index (χ1) is 10.4. The minimum atomic E-state index is -3.14. The Kier molecular flexibility index (Phi) is 5.07. The minimum Gasteiger partial charge on any atom is -0.381 e. The second kappa shape index (κ2) is 6.82. The van der Waals surface area contributed by atoms with Crippen molar-refractivity contribution in [2.24, 2.45) is 0 Å². The van der Waals surface area contributed by atoms with E-state index < -0.39 is 9.84 Å². The standard InChI is InChI=1S/C16H15ClN2O2S/c1-22(20,21)11-14-8-15(5-6-16(14)17)19-10-13-4-2-3-12(7-13)9-18/h2-8,19H,10-11H2,1H3. The second-order valence-electron chi connectivity index (χ2n) is 5.04. The van der Waals surface area contributed by atoms with E-state index in [1.54, 1.807) is 30.3 Å². The Labute approximate surface area is 135 Å². The van der Waals surface area contributed by atoms with Crippen LogP contribution in [0.1, 0.15) is 16.7 Å². The van der Waals surface area contributed by atoms with Crippen molar-refractivity contribution in [2.75, 3.05) is 11.6 Å². The van der Waals surface area contributed by atoms with Crippen LogP contribution in [0.4, 0.5) is 5.69 Å². The van der Waals surface area contributed by atoms with Gasteiger partial charge in [-0.05, 0) is 41.5 Å². The van der Waals surface area contributed by atoms with Crippen molar-refractivity contribution in [1.82, 2.24) is 0 Å². The Morgan fingerprint density at radius 3 is 2.68 bits per heavy atom. The Bertz CT molecular complexity index is 826. The van der Waals surface area contributed by atoms with Crippen molar-refractivity contribution >= 4 is 27.1 Å². The average molecular weight is 335 g/mol. The molecule has 2 aromatic carbocycles. The van der Waals surface area contributed by atoms with E-state index in [1.807, 2.05) is 12.1 Å². The van der Waals surface area contributed by atoms with Crippen LogP contribution in [0.2, 0.25) is 5.02 Å². The van der Waals surface area contributed by atoms with E-state index in [0.717, 1.165) is 11.3 Å². The zero-order valence-corrected chi connectivity index (χ0v) is 13.6. The van der Waals surface area contributed by atoms with Crippen molar-refractivity contribution in [3.8, 4) is 6.07 Å². The predicted molar refractivity (Wildman–Crippen MR) is 88.5 cm³/mol. The molecule has 6 heteroatoms. The molecule has 2 rings (SSSR count). The van der Waals surface area contributed by atoms with E-state index in [1.165, 1.54) is 6.26 Å². The van der Waals surface area contributed by atoms with Crippen molar-refractivity contribution in [3.63, 3.8) is 0 Å². The van der Waals surface area contributed by atoms with Gasteiger partial charge in [-0.15, -0.1) is 0 Å². The molecule has 0 aliphatic carbocycles. The lowest BCUT2D eigenvalue weighted by atomic mass is 10.1. The van der Waals surface area contributed by atoms with E-state index in [2.05, 4.69) is 11.4 Å². The molecule has 0 amide bonds. The van der Waals surface area contributed by atoms with Crippen molar-refractivity contribution in [1.29, 1.82) is 5.26 Å². The summed E-state index contributed by atoms with van der Waals surface area (Å²) in [7, 11) is -3.14. The summed E-state index contributed by atoms with van der Waals surface area (Å²) in [5.74, 6) is -0.0920. The second-order valence-corrected chi connectivity index (χ2v) is 7.59. The van der Waals surface area contributed by atoms with Gasteiger partial charge in [0, 0.05) is 23.5 Å². The molecule has 0 aliphatic rings. The summed E-state index contributed by atoms with van der Waals surface area (Å²) in [6, 6.07) is 14.6. The number of nitrogens with zero attached hydrogens (tertiary/aromatic N) is 1. The number of halogens is 1. The molecule has 114 valence electrons. The molecule has 0 atom stereocenters. The maximum atomic E-state index is 11.4. The lowest BCUT2D eigenvalue weighted by Gasteiger charge is -2.10. The first-order valence-corrected chi connectivity index (χ1v) is 9.00. The molecule has 1 N–H and O–H groups in total. The molecular formula is C16H15ClN2O2S. The number of benzene rings is 2. The van der Waals surface area contributed by atoms with Crippen molar-refractivity contribution < 1.29 is 8.42 Å². The zero-order valence-electron chi connectivity index (χ0n) is 12.0. The van der Waals surface area contributed by atoms with Gasteiger partial charge in [-0.3, -0.25) is 0 Å². The van der Waals surface area contributed by atoms with Crippen LogP contribution < -0.4 is 5.32 Å². The van der Waals surface area contributed by atoms with Gasteiger partial charge in [-0.25, -0.2) is 8.42 Å². The Balaban J connectivity index is 2.13. The molecule has 2 aromatic rings. The monoisotopic (exact) mass is 334 g/mol. The molecule has 4 nitrogen and oxygen atoms in total. The van der Waals surface area contributed by atoms with Gasteiger partial charge < -0.3 is 5.32 Å².